The highest BCUT2D eigenvalue weighted by Crippen LogP contribution is 2.44. The van der Waals surface area contributed by atoms with Gasteiger partial charge in [0.15, 0.2) is 7.14 Å². The fraction of sp³-hybridized carbons (Fsp3) is 0.182. The van der Waals surface area contributed by atoms with Crippen LogP contribution in [0.5, 0.6) is 0 Å². The Morgan fingerprint density at radius 3 is 1.54 bits per heavy atom. The van der Waals surface area contributed by atoms with Crippen molar-refractivity contribution < 1.29 is 4.57 Å². The summed E-state index contributed by atoms with van der Waals surface area (Å²) < 4.78 is 14.6. The third-order valence-electron chi connectivity index (χ3n) is 4.53. The summed E-state index contributed by atoms with van der Waals surface area (Å²) in [5.74, 6) is 0. The number of hydrogen-bond donors (Lipinski definition) is 0. The van der Waals surface area contributed by atoms with Gasteiger partial charge in [-0.05, 0) is 51.0 Å². The lowest BCUT2D eigenvalue weighted by molar-refractivity contribution is 0.592. The van der Waals surface area contributed by atoms with Crippen molar-refractivity contribution in [2.45, 2.75) is 27.7 Å². The Kier molecular flexibility index (Phi) is 4.47. The number of rotatable bonds is 3. The van der Waals surface area contributed by atoms with Gasteiger partial charge in [-0.1, -0.05) is 65.7 Å². The van der Waals surface area contributed by atoms with Crippen LogP contribution < -0.4 is 15.9 Å². The largest absolute Gasteiger partial charge is 0.309 e. The van der Waals surface area contributed by atoms with Crippen LogP contribution >= 0.6 is 7.14 Å². The zero-order chi connectivity index (χ0) is 17.3. The van der Waals surface area contributed by atoms with Crippen LogP contribution in [-0.2, 0) is 4.57 Å². The molecule has 1 nitrogen and oxygen atoms in total. The molecule has 24 heavy (non-hydrogen) atoms. The Bertz CT molecular complexity index is 870. The number of aryl methyl sites for hydroxylation is 4. The van der Waals surface area contributed by atoms with E-state index >= 15 is 0 Å². The summed E-state index contributed by atoms with van der Waals surface area (Å²) in [7, 11) is -2.91. The molecule has 0 spiro atoms. The zero-order valence-electron chi connectivity index (χ0n) is 14.7. The van der Waals surface area contributed by atoms with Crippen molar-refractivity contribution >= 4 is 23.1 Å². The summed E-state index contributed by atoms with van der Waals surface area (Å²) in [6, 6.07) is 22.4. The highest BCUT2D eigenvalue weighted by atomic mass is 31.2. The van der Waals surface area contributed by atoms with Gasteiger partial charge in [-0.15, -0.1) is 0 Å². The third-order valence-corrected chi connectivity index (χ3v) is 7.87. The minimum Gasteiger partial charge on any atom is -0.309 e. The molecule has 2 heteroatoms. The van der Waals surface area contributed by atoms with E-state index in [0.717, 1.165) is 38.2 Å². The summed E-state index contributed by atoms with van der Waals surface area (Å²) in [4.78, 5) is 0. The van der Waals surface area contributed by atoms with Gasteiger partial charge < -0.3 is 4.57 Å². The lowest BCUT2D eigenvalue weighted by Crippen LogP contribution is -2.28. The molecular weight excluding hydrogens is 311 g/mol. The SMILES string of the molecule is Cc1ccc(C)c(P(=O)(c2ccccc2)c2cc(C)ccc2C)c1. The third kappa shape index (κ3) is 2.85. The molecule has 122 valence electrons. The lowest BCUT2D eigenvalue weighted by Gasteiger charge is -2.24. The van der Waals surface area contributed by atoms with E-state index in [0.29, 0.717) is 0 Å². The van der Waals surface area contributed by atoms with Crippen molar-refractivity contribution in [3.63, 3.8) is 0 Å². The number of hydrogen-bond acceptors (Lipinski definition) is 1. The first-order valence-corrected chi connectivity index (χ1v) is 9.95. The van der Waals surface area contributed by atoms with Crippen molar-refractivity contribution in [1.29, 1.82) is 0 Å². The molecule has 0 bridgehead atoms. The molecule has 3 rings (SSSR count). The zero-order valence-corrected chi connectivity index (χ0v) is 15.6. The minimum atomic E-state index is -2.91. The molecule has 0 aliphatic heterocycles. The van der Waals surface area contributed by atoms with Crippen molar-refractivity contribution in [3.8, 4) is 0 Å². The highest BCUT2D eigenvalue weighted by Gasteiger charge is 2.32. The van der Waals surface area contributed by atoms with Gasteiger partial charge in [-0.2, -0.15) is 0 Å². The monoisotopic (exact) mass is 334 g/mol. The molecule has 3 aromatic carbocycles. The molecule has 0 saturated heterocycles. The van der Waals surface area contributed by atoms with Crippen LogP contribution in [0.2, 0.25) is 0 Å². The Morgan fingerprint density at radius 2 is 1.08 bits per heavy atom. The molecule has 0 aliphatic carbocycles. The van der Waals surface area contributed by atoms with Gasteiger partial charge in [0.2, 0.25) is 0 Å². The standard InChI is InChI=1S/C22H23OP/c1-16-10-12-18(3)21(14-16)24(23,20-8-6-5-7-9-20)22-15-17(2)11-13-19(22)4/h5-15H,1-4H3. The Labute approximate surface area is 144 Å². The van der Waals surface area contributed by atoms with Crippen molar-refractivity contribution in [2.75, 3.05) is 0 Å². The Balaban J connectivity index is 2.41. The average molecular weight is 334 g/mol. The summed E-state index contributed by atoms with van der Waals surface area (Å²) in [6.07, 6.45) is 0. The van der Waals surface area contributed by atoms with Crippen LogP contribution in [-0.4, -0.2) is 0 Å². The van der Waals surface area contributed by atoms with Crippen LogP contribution in [0.15, 0.2) is 66.7 Å². The van der Waals surface area contributed by atoms with Crippen LogP contribution in [0.3, 0.4) is 0 Å². The molecule has 0 heterocycles. The highest BCUT2D eigenvalue weighted by molar-refractivity contribution is 7.85. The average Bonchev–Trinajstić information content (AvgIpc) is 2.59. The second kappa shape index (κ2) is 6.42. The smallest absolute Gasteiger partial charge is 0.171 e. The van der Waals surface area contributed by atoms with Crippen LogP contribution in [0.1, 0.15) is 22.3 Å². The summed E-state index contributed by atoms with van der Waals surface area (Å²) in [5, 5.41) is 2.79. The molecule has 0 saturated carbocycles. The lowest BCUT2D eigenvalue weighted by atomic mass is 10.2. The van der Waals surface area contributed by atoms with E-state index in [-0.39, 0.29) is 0 Å². The maximum absolute atomic E-state index is 14.6. The second-order valence-electron chi connectivity index (χ2n) is 6.52. The molecule has 3 aromatic rings. The molecule has 0 aliphatic rings. The van der Waals surface area contributed by atoms with E-state index < -0.39 is 7.14 Å². The van der Waals surface area contributed by atoms with E-state index in [9.17, 15) is 4.57 Å². The summed E-state index contributed by atoms with van der Waals surface area (Å²) in [6.45, 7) is 8.22. The first-order chi connectivity index (χ1) is 11.4. The maximum atomic E-state index is 14.6. The summed E-state index contributed by atoms with van der Waals surface area (Å²) >= 11 is 0. The molecular formula is C22H23OP. The van der Waals surface area contributed by atoms with Crippen molar-refractivity contribution in [2.24, 2.45) is 0 Å². The van der Waals surface area contributed by atoms with Gasteiger partial charge in [0, 0.05) is 15.9 Å². The van der Waals surface area contributed by atoms with E-state index in [1.165, 1.54) is 0 Å². The Morgan fingerprint density at radius 1 is 0.625 bits per heavy atom. The van der Waals surface area contributed by atoms with Gasteiger partial charge in [-0.25, -0.2) is 0 Å². The molecule has 0 aromatic heterocycles. The fourth-order valence-electron chi connectivity index (χ4n) is 3.16. The van der Waals surface area contributed by atoms with Gasteiger partial charge in [0.25, 0.3) is 0 Å². The van der Waals surface area contributed by atoms with Gasteiger partial charge >= 0.3 is 0 Å². The topological polar surface area (TPSA) is 17.1 Å². The van der Waals surface area contributed by atoms with Crippen LogP contribution in [0.4, 0.5) is 0 Å². The molecule has 0 radical (unpaired) electrons. The minimum absolute atomic E-state index is 0.896. The van der Waals surface area contributed by atoms with Crippen molar-refractivity contribution in [1.82, 2.24) is 0 Å². The molecule has 0 amide bonds. The van der Waals surface area contributed by atoms with E-state index in [1.54, 1.807) is 0 Å². The number of benzene rings is 3. The van der Waals surface area contributed by atoms with Gasteiger partial charge in [-0.3, -0.25) is 0 Å². The van der Waals surface area contributed by atoms with Crippen LogP contribution in [0.25, 0.3) is 0 Å². The quantitative estimate of drug-likeness (QED) is 0.642. The van der Waals surface area contributed by atoms with Gasteiger partial charge in [0.1, 0.15) is 0 Å². The van der Waals surface area contributed by atoms with Crippen LogP contribution in [0, 0.1) is 27.7 Å². The first-order valence-electron chi connectivity index (χ1n) is 8.24. The maximum Gasteiger partial charge on any atom is 0.171 e. The normalized spacial score (nSPS) is 11.5. The van der Waals surface area contributed by atoms with E-state index in [1.807, 2.05) is 30.3 Å². The van der Waals surface area contributed by atoms with Gasteiger partial charge in [0.05, 0.1) is 0 Å². The molecule has 0 atom stereocenters. The predicted molar refractivity (Wildman–Crippen MR) is 105 cm³/mol. The van der Waals surface area contributed by atoms with Crippen molar-refractivity contribution in [3.05, 3.63) is 89.0 Å². The second-order valence-corrected chi connectivity index (χ2v) is 9.22. The summed E-state index contributed by atoms with van der Waals surface area (Å²) in [5.41, 5.74) is 4.43. The van der Waals surface area contributed by atoms with E-state index in [4.69, 9.17) is 0 Å². The predicted octanol–water partition coefficient (Wildman–Crippen LogP) is 4.56. The molecule has 0 N–H and O–H groups in total. The molecule has 0 fully saturated rings. The first kappa shape index (κ1) is 16.7. The molecule has 0 unspecified atom stereocenters. The Hall–Kier alpha value is -2.11. The van der Waals surface area contributed by atoms with E-state index in [2.05, 4.69) is 64.1 Å². The fourth-order valence-corrected chi connectivity index (χ4v) is 6.48.